The fourth-order valence-corrected chi connectivity index (χ4v) is 4.71. The SMILES string of the molecule is CC(C)(C)CC(C)(C)C12C=CC=CC1(O)S2.[Ba]. The van der Waals surface area contributed by atoms with E-state index in [1.165, 1.54) is 0 Å². The smallest absolute Gasteiger partial charge is 0.149 e. The zero-order valence-electron chi connectivity index (χ0n) is 11.6. The average Bonchev–Trinajstić information content (AvgIpc) is 2.68. The van der Waals surface area contributed by atoms with E-state index in [-0.39, 0.29) is 64.5 Å². The number of aliphatic hydroxyl groups is 1. The van der Waals surface area contributed by atoms with Crippen molar-refractivity contribution in [1.82, 2.24) is 0 Å². The number of hydrogen-bond acceptors (Lipinski definition) is 2. The van der Waals surface area contributed by atoms with Crippen LogP contribution in [0.4, 0.5) is 0 Å². The minimum absolute atomic E-state index is 0. The van der Waals surface area contributed by atoms with Gasteiger partial charge in [0.05, 0.1) is 4.75 Å². The third-order valence-corrected chi connectivity index (χ3v) is 5.44. The van der Waals surface area contributed by atoms with Gasteiger partial charge in [0.1, 0.15) is 4.93 Å². The number of hydrogen-bond donors (Lipinski definition) is 1. The van der Waals surface area contributed by atoms with E-state index < -0.39 is 4.93 Å². The summed E-state index contributed by atoms with van der Waals surface area (Å²) in [5.41, 5.74) is 0.392. The van der Waals surface area contributed by atoms with Gasteiger partial charge in [-0.05, 0) is 23.3 Å². The van der Waals surface area contributed by atoms with E-state index in [0.717, 1.165) is 6.42 Å². The third kappa shape index (κ3) is 2.78. The van der Waals surface area contributed by atoms with Gasteiger partial charge >= 0.3 is 0 Å². The molecule has 1 nitrogen and oxygen atoms in total. The van der Waals surface area contributed by atoms with Crippen LogP contribution in [0.5, 0.6) is 0 Å². The van der Waals surface area contributed by atoms with E-state index in [2.05, 4.69) is 46.8 Å². The normalized spacial score (nSPS) is 35.2. The molecular weight excluding hydrogens is 354 g/mol. The average molecular weight is 376 g/mol. The van der Waals surface area contributed by atoms with Crippen molar-refractivity contribution in [2.75, 3.05) is 0 Å². The topological polar surface area (TPSA) is 20.2 Å². The predicted molar refractivity (Wildman–Crippen MR) is 77.2 cm³/mol. The molecule has 2 rings (SSSR count). The van der Waals surface area contributed by atoms with Crippen molar-refractivity contribution in [3.8, 4) is 0 Å². The molecule has 1 aliphatic carbocycles. The van der Waals surface area contributed by atoms with Gasteiger partial charge in [-0.1, -0.05) is 52.8 Å². The van der Waals surface area contributed by atoms with Gasteiger partial charge in [0.2, 0.25) is 0 Å². The Kier molecular flexibility index (Phi) is 4.56. The molecule has 3 heteroatoms. The van der Waals surface area contributed by atoms with Gasteiger partial charge in [-0.3, -0.25) is 0 Å². The van der Waals surface area contributed by atoms with Crippen molar-refractivity contribution < 1.29 is 5.11 Å². The number of allylic oxidation sites excluding steroid dienone is 2. The van der Waals surface area contributed by atoms with Crippen LogP contribution in [0.1, 0.15) is 41.0 Å². The van der Waals surface area contributed by atoms with E-state index >= 15 is 0 Å². The fourth-order valence-electron chi connectivity index (χ4n) is 3.21. The molecule has 2 unspecified atom stereocenters. The Balaban J connectivity index is 0.00000144. The van der Waals surface area contributed by atoms with E-state index in [4.69, 9.17) is 0 Å². The van der Waals surface area contributed by atoms with E-state index in [9.17, 15) is 5.11 Å². The Labute approximate surface area is 150 Å². The first-order valence-corrected chi connectivity index (χ1v) is 6.73. The molecule has 17 heavy (non-hydrogen) atoms. The first-order valence-electron chi connectivity index (χ1n) is 5.92. The summed E-state index contributed by atoms with van der Waals surface area (Å²) in [7, 11) is 0. The number of fused-ring (bicyclic) bond motifs is 1. The van der Waals surface area contributed by atoms with Gasteiger partial charge < -0.3 is 5.11 Å². The maximum Gasteiger partial charge on any atom is 0.149 e. The van der Waals surface area contributed by atoms with E-state index in [1.807, 2.05) is 12.2 Å². The van der Waals surface area contributed by atoms with E-state index in [0.29, 0.717) is 0 Å². The standard InChI is InChI=1S/C14H22OS.Ba/c1-11(2,3)10-12(4,5)13-8-6-7-9-14(13,15)16-13;/h6-9,15H,10H2,1-5H3;. The second kappa shape index (κ2) is 4.73. The van der Waals surface area contributed by atoms with Crippen LogP contribution < -0.4 is 0 Å². The van der Waals surface area contributed by atoms with Crippen molar-refractivity contribution in [1.29, 1.82) is 0 Å². The largest absolute Gasteiger partial charge is 0.374 e. The van der Waals surface area contributed by atoms with Crippen LogP contribution in [0.15, 0.2) is 24.3 Å². The van der Waals surface area contributed by atoms with Gasteiger partial charge in [0, 0.05) is 48.9 Å². The summed E-state index contributed by atoms with van der Waals surface area (Å²) in [6.07, 6.45) is 9.24. The molecule has 0 aromatic carbocycles. The maximum atomic E-state index is 10.5. The van der Waals surface area contributed by atoms with Crippen LogP contribution in [-0.4, -0.2) is 63.7 Å². The van der Waals surface area contributed by atoms with Gasteiger partial charge in [-0.25, -0.2) is 0 Å². The molecule has 1 N–H and O–H groups in total. The summed E-state index contributed by atoms with van der Waals surface area (Å²) in [4.78, 5) is -0.656. The Morgan fingerprint density at radius 1 is 1.06 bits per heavy atom. The maximum absolute atomic E-state index is 10.5. The molecule has 2 atom stereocenters. The molecule has 1 fully saturated rings. The Morgan fingerprint density at radius 2 is 1.59 bits per heavy atom. The third-order valence-electron chi connectivity index (χ3n) is 3.55. The van der Waals surface area contributed by atoms with Crippen LogP contribution in [0.3, 0.4) is 0 Å². The van der Waals surface area contributed by atoms with Crippen molar-refractivity contribution >= 4 is 60.6 Å². The molecule has 0 amide bonds. The Morgan fingerprint density at radius 3 is 2.06 bits per heavy atom. The first-order chi connectivity index (χ1) is 7.12. The molecule has 1 heterocycles. The molecule has 0 spiro atoms. The minimum Gasteiger partial charge on any atom is -0.374 e. The first kappa shape index (κ1) is 16.4. The van der Waals surface area contributed by atoms with Crippen LogP contribution in [-0.2, 0) is 0 Å². The molecule has 0 saturated carbocycles. The van der Waals surface area contributed by atoms with Crippen LogP contribution in [0.2, 0.25) is 0 Å². The van der Waals surface area contributed by atoms with Gasteiger partial charge in [-0.15, -0.1) is 11.8 Å². The zero-order valence-corrected chi connectivity index (χ0v) is 16.8. The van der Waals surface area contributed by atoms with Gasteiger partial charge in [0.25, 0.3) is 0 Å². The Bertz CT molecular complexity index is 367. The summed E-state index contributed by atoms with van der Waals surface area (Å²) in [6.45, 7) is 11.3. The summed E-state index contributed by atoms with van der Waals surface area (Å²) < 4.78 is -0.109. The second-order valence-corrected chi connectivity index (χ2v) is 8.34. The monoisotopic (exact) mass is 376 g/mol. The van der Waals surface area contributed by atoms with Crippen molar-refractivity contribution in [3.05, 3.63) is 24.3 Å². The molecule has 0 aromatic rings. The van der Waals surface area contributed by atoms with E-state index in [1.54, 1.807) is 11.8 Å². The number of rotatable bonds is 2. The minimum atomic E-state index is -0.656. The number of thioether (sulfide) groups is 1. The van der Waals surface area contributed by atoms with Crippen LogP contribution in [0, 0.1) is 10.8 Å². The summed E-state index contributed by atoms with van der Waals surface area (Å²) in [6, 6.07) is 0. The molecule has 0 aromatic heterocycles. The molecular formula is C14H22BaOS. The van der Waals surface area contributed by atoms with Crippen molar-refractivity contribution in [2.45, 2.75) is 50.7 Å². The van der Waals surface area contributed by atoms with Crippen molar-refractivity contribution in [3.63, 3.8) is 0 Å². The van der Waals surface area contributed by atoms with Crippen molar-refractivity contribution in [2.24, 2.45) is 10.8 Å². The van der Waals surface area contributed by atoms with Gasteiger partial charge in [-0.2, -0.15) is 0 Å². The van der Waals surface area contributed by atoms with Crippen LogP contribution in [0.25, 0.3) is 0 Å². The molecule has 0 bridgehead atoms. The second-order valence-electron chi connectivity index (χ2n) is 6.87. The molecule has 1 aliphatic heterocycles. The van der Waals surface area contributed by atoms with Gasteiger partial charge in [0.15, 0.2) is 0 Å². The summed E-state index contributed by atoms with van der Waals surface area (Å²) in [5, 5.41) is 10.5. The quantitative estimate of drug-likeness (QED) is 0.590. The Hall–Kier alpha value is 1.36. The molecule has 1 saturated heterocycles. The molecule has 2 aliphatic rings. The fraction of sp³-hybridized carbons (Fsp3) is 0.714. The molecule has 2 radical (unpaired) electrons. The molecule has 92 valence electrons. The summed E-state index contributed by atoms with van der Waals surface area (Å²) in [5.74, 6) is 0. The van der Waals surface area contributed by atoms with Crippen LogP contribution >= 0.6 is 11.8 Å². The zero-order chi connectivity index (χ0) is 12.2. The predicted octanol–water partition coefficient (Wildman–Crippen LogP) is 3.37. The summed E-state index contributed by atoms with van der Waals surface area (Å²) >= 11 is 1.68.